The molecule has 58 heavy (non-hydrogen) atoms. The molecule has 0 radical (unpaired) electrons. The monoisotopic (exact) mass is 792 g/mol. The van der Waals surface area contributed by atoms with E-state index in [9.17, 15) is 17.6 Å². The molecule has 300 valence electrons. The van der Waals surface area contributed by atoms with Gasteiger partial charge in [-0.05, 0) is 89.1 Å². The Bertz CT molecular complexity index is 2570. The van der Waals surface area contributed by atoms with Crippen molar-refractivity contribution in [3.63, 3.8) is 0 Å². The summed E-state index contributed by atoms with van der Waals surface area (Å²) in [5.74, 6) is -2.04. The fraction of sp³-hybridized carbons (Fsp3) is 0.238. The van der Waals surface area contributed by atoms with Crippen LogP contribution >= 0.6 is 0 Å². The van der Waals surface area contributed by atoms with E-state index in [1.165, 1.54) is 12.1 Å². The minimum absolute atomic E-state index is 0.130. The predicted octanol–water partition coefficient (Wildman–Crippen LogP) is 10.2. The van der Waals surface area contributed by atoms with Crippen LogP contribution in [0.5, 0.6) is 0 Å². The maximum Gasteiger partial charge on any atom is 0.167 e. The number of fused-ring (bicyclic) bond motifs is 1. The van der Waals surface area contributed by atoms with E-state index in [1.807, 2.05) is 41.5 Å². The number of rotatable bonds is 10. The van der Waals surface area contributed by atoms with Gasteiger partial charge in [0.05, 0.1) is 35.7 Å². The third-order valence-electron chi connectivity index (χ3n) is 8.59. The quantitative estimate of drug-likeness (QED) is 0.0777. The second-order valence-corrected chi connectivity index (χ2v) is 12.7. The number of pyridine rings is 6. The molecule has 0 aromatic carbocycles. The largest absolute Gasteiger partial charge is 0.382 e. The van der Waals surface area contributed by atoms with Crippen LogP contribution in [0.1, 0.15) is 55.9 Å². The first-order valence-electron chi connectivity index (χ1n) is 18.6. The highest BCUT2D eigenvalue weighted by molar-refractivity contribution is 5.91. The molecule has 0 bridgehead atoms. The number of aromatic nitrogens is 8. The second-order valence-electron chi connectivity index (χ2n) is 12.7. The first-order valence-corrected chi connectivity index (χ1v) is 18.6. The zero-order valence-corrected chi connectivity index (χ0v) is 33.4. The molecule has 0 unspecified atom stereocenters. The minimum atomic E-state index is -0.570. The second kappa shape index (κ2) is 18.9. The Kier molecular flexibility index (Phi) is 13.8. The van der Waals surface area contributed by atoms with Gasteiger partial charge >= 0.3 is 0 Å². The Morgan fingerprint density at radius 2 is 1.17 bits per heavy atom. The van der Waals surface area contributed by atoms with Gasteiger partial charge in [-0.3, -0.25) is 14.6 Å². The molecule has 0 aliphatic heterocycles. The Morgan fingerprint density at radius 1 is 0.655 bits per heavy atom. The molecule has 0 aliphatic carbocycles. The molecule has 16 heteroatoms. The number of hydrogen-bond acceptors (Lipinski definition) is 11. The fourth-order valence-corrected chi connectivity index (χ4v) is 5.64. The Balaban J connectivity index is 0.000000212. The van der Waals surface area contributed by atoms with Crippen molar-refractivity contribution in [1.29, 1.82) is 5.41 Å². The van der Waals surface area contributed by atoms with Gasteiger partial charge in [-0.2, -0.15) is 5.10 Å². The smallest absolute Gasteiger partial charge is 0.167 e. The highest BCUT2D eigenvalue weighted by Gasteiger charge is 2.18. The Labute approximate surface area is 333 Å². The molecule has 12 nitrogen and oxygen atoms in total. The molecule has 7 aromatic rings. The van der Waals surface area contributed by atoms with Crippen LogP contribution in [0.2, 0.25) is 0 Å². The molecule has 0 fully saturated rings. The summed E-state index contributed by atoms with van der Waals surface area (Å²) in [7, 11) is 0. The molecule has 7 aromatic heterocycles. The molecule has 0 aliphatic rings. The molecule has 4 N–H and O–H groups in total. The average Bonchev–Trinajstić information content (AvgIpc) is 3.66. The van der Waals surface area contributed by atoms with Crippen LogP contribution in [0.3, 0.4) is 0 Å². The van der Waals surface area contributed by atoms with Gasteiger partial charge in [0.1, 0.15) is 39.5 Å². The van der Waals surface area contributed by atoms with Crippen molar-refractivity contribution in [3.8, 4) is 22.8 Å². The van der Waals surface area contributed by atoms with Crippen LogP contribution in [-0.4, -0.2) is 52.4 Å². The molecule has 7 rings (SSSR count). The standard InChI is InChI=1S/C20H18F2N6.C20H20F2N6.C2H6/c1-4-28-10-17-20(27-28)19(14(22)9-24-17)26-15-7-16(23-8-11(15)2)18-13(21)6-5-12(3)25-18;1-4-24-20-17(8-23)26-10-14(22)19(20)28-15-7-16(25-9-11(15)2)18-13(21)6-5-12(3)27-18;1-2/h5-10H,4H2,1-3H3,(H,23,26);5-10,23-24H,4H2,1-3H3,(H,25,26,28);1-2H3. The molecule has 0 saturated heterocycles. The van der Waals surface area contributed by atoms with E-state index >= 15 is 0 Å². The van der Waals surface area contributed by atoms with E-state index in [2.05, 4.69) is 51.0 Å². The van der Waals surface area contributed by atoms with Gasteiger partial charge in [0.2, 0.25) is 0 Å². The van der Waals surface area contributed by atoms with Crippen LogP contribution in [0.25, 0.3) is 33.8 Å². The molecule has 0 saturated carbocycles. The van der Waals surface area contributed by atoms with Crippen LogP contribution < -0.4 is 16.0 Å². The maximum atomic E-state index is 14.5. The summed E-state index contributed by atoms with van der Waals surface area (Å²) >= 11 is 0. The van der Waals surface area contributed by atoms with Crippen molar-refractivity contribution in [2.24, 2.45) is 0 Å². The van der Waals surface area contributed by atoms with Crippen molar-refractivity contribution in [1.82, 2.24) is 39.7 Å². The van der Waals surface area contributed by atoms with Crippen molar-refractivity contribution >= 4 is 45.7 Å². The van der Waals surface area contributed by atoms with Crippen molar-refractivity contribution in [2.45, 2.75) is 61.9 Å². The number of hydrogen-bond donors (Lipinski definition) is 4. The number of anilines is 5. The van der Waals surface area contributed by atoms with Crippen LogP contribution in [0.15, 0.2) is 67.4 Å². The average molecular weight is 793 g/mol. The summed E-state index contributed by atoms with van der Waals surface area (Å²) in [6.45, 7) is 16.2. The highest BCUT2D eigenvalue weighted by atomic mass is 19.1. The maximum absolute atomic E-state index is 14.5. The summed E-state index contributed by atoms with van der Waals surface area (Å²) in [5, 5.41) is 21.1. The van der Waals surface area contributed by atoms with Gasteiger partial charge in [0.15, 0.2) is 23.3 Å². The molecule has 0 atom stereocenters. The van der Waals surface area contributed by atoms with E-state index in [1.54, 1.807) is 61.4 Å². The fourth-order valence-electron chi connectivity index (χ4n) is 5.64. The summed E-state index contributed by atoms with van der Waals surface area (Å²) in [6.07, 6.45) is 8.21. The zero-order chi connectivity index (χ0) is 42.1. The molecule has 0 spiro atoms. The van der Waals surface area contributed by atoms with E-state index < -0.39 is 23.3 Å². The molecular weight excluding hydrogens is 749 g/mol. The van der Waals surface area contributed by atoms with E-state index in [4.69, 9.17) is 5.41 Å². The van der Waals surface area contributed by atoms with Crippen LogP contribution in [0.4, 0.5) is 46.0 Å². The van der Waals surface area contributed by atoms with Gasteiger partial charge in [0.25, 0.3) is 0 Å². The van der Waals surface area contributed by atoms with Gasteiger partial charge in [-0.15, -0.1) is 0 Å². The van der Waals surface area contributed by atoms with E-state index in [-0.39, 0.29) is 22.8 Å². The third kappa shape index (κ3) is 9.40. The number of halogens is 4. The lowest BCUT2D eigenvalue weighted by atomic mass is 10.1. The topological polar surface area (TPSA) is 155 Å². The summed E-state index contributed by atoms with van der Waals surface area (Å²) in [5.41, 5.74) is 7.06. The lowest BCUT2D eigenvalue weighted by Crippen LogP contribution is -2.09. The van der Waals surface area contributed by atoms with Crippen molar-refractivity contribution in [3.05, 3.63) is 119 Å². The lowest BCUT2D eigenvalue weighted by Gasteiger charge is -2.17. The van der Waals surface area contributed by atoms with Crippen molar-refractivity contribution < 1.29 is 17.6 Å². The number of nitrogens with zero attached hydrogens (tertiary/aromatic N) is 8. The lowest BCUT2D eigenvalue weighted by molar-refractivity contribution is 0.623. The van der Waals surface area contributed by atoms with Gasteiger partial charge in [0, 0.05) is 54.5 Å². The third-order valence-corrected chi connectivity index (χ3v) is 8.59. The molecular formula is C42H44F4N12. The van der Waals surface area contributed by atoms with Gasteiger partial charge in [-0.25, -0.2) is 37.5 Å². The molecule has 0 amide bonds. The summed E-state index contributed by atoms with van der Waals surface area (Å²) < 4.78 is 59.2. The minimum Gasteiger partial charge on any atom is -0.382 e. The zero-order valence-electron chi connectivity index (χ0n) is 33.4. The van der Waals surface area contributed by atoms with Gasteiger partial charge in [-0.1, -0.05) is 13.8 Å². The number of aryl methyl sites for hydroxylation is 5. The van der Waals surface area contributed by atoms with Crippen molar-refractivity contribution in [2.75, 3.05) is 22.5 Å². The van der Waals surface area contributed by atoms with E-state index in [0.717, 1.165) is 29.7 Å². The SMILES string of the molecule is CC.CCNc1c(C=N)ncc(F)c1Nc1cc(-c2nc(C)ccc2F)ncc1C.CCn1cc2ncc(F)c(Nc3cc(-c4nc(C)ccc4F)ncc3C)c2n1. The van der Waals surface area contributed by atoms with E-state index in [0.29, 0.717) is 69.7 Å². The Morgan fingerprint density at radius 3 is 1.69 bits per heavy atom. The van der Waals surface area contributed by atoms with Crippen LogP contribution in [-0.2, 0) is 6.54 Å². The summed E-state index contributed by atoms with van der Waals surface area (Å²) in [6, 6.07) is 9.16. The number of nitrogens with one attached hydrogen (secondary N) is 4. The first kappa shape index (κ1) is 42.3. The van der Waals surface area contributed by atoms with Crippen LogP contribution in [0, 0.1) is 56.4 Å². The molecule has 7 heterocycles. The highest BCUT2D eigenvalue weighted by Crippen LogP contribution is 2.34. The van der Waals surface area contributed by atoms with Gasteiger partial charge < -0.3 is 21.4 Å². The first-order chi connectivity index (χ1) is 27.9. The summed E-state index contributed by atoms with van der Waals surface area (Å²) in [4.78, 5) is 25.0. The normalized spacial score (nSPS) is 10.6. The predicted molar refractivity (Wildman–Crippen MR) is 221 cm³/mol. The Hall–Kier alpha value is -6.84.